The minimum atomic E-state index is -1.03. The molecule has 0 aliphatic carbocycles. The van der Waals surface area contributed by atoms with Crippen LogP contribution in [0.25, 0.3) is 0 Å². The van der Waals surface area contributed by atoms with E-state index in [1.165, 1.54) is 24.7 Å². The van der Waals surface area contributed by atoms with E-state index >= 15 is 0 Å². The van der Waals surface area contributed by atoms with Crippen LogP contribution in [0.2, 0.25) is 0 Å². The smallest absolute Gasteiger partial charge is 0.374 e. The number of carbonyl (C=O) groups is 2. The Morgan fingerprint density at radius 2 is 1.72 bits per heavy atom. The Bertz CT molecular complexity index is 469. The van der Waals surface area contributed by atoms with Gasteiger partial charge in [-0.25, -0.2) is 9.59 Å². The van der Waals surface area contributed by atoms with Crippen LogP contribution in [-0.4, -0.2) is 23.7 Å². The molecule has 0 fully saturated rings. The molecule has 0 spiro atoms. The third-order valence-corrected chi connectivity index (χ3v) is 1.73. The summed E-state index contributed by atoms with van der Waals surface area (Å²) >= 11 is 0. The number of aromatic carboxylic acids is 1. The molecule has 6 heteroatoms. The van der Waals surface area contributed by atoms with Crippen LogP contribution < -0.4 is 0 Å². The molecule has 1 N–H and O–H groups in total. The van der Waals surface area contributed by atoms with Crippen LogP contribution in [0.3, 0.4) is 0 Å². The van der Waals surface area contributed by atoms with Crippen molar-refractivity contribution >= 4 is 11.9 Å². The fourth-order valence-electron chi connectivity index (χ4n) is 0.997. The monoisotopic (exact) mass is 252 g/mol. The van der Waals surface area contributed by atoms with Gasteiger partial charge in [-0.2, -0.15) is 0 Å². The molecule has 18 heavy (non-hydrogen) atoms. The summed E-state index contributed by atoms with van der Waals surface area (Å²) in [5, 5.41) is 8.18. The first kappa shape index (κ1) is 13.6. The highest BCUT2D eigenvalue weighted by Gasteiger charge is 2.07. The number of ether oxygens (including phenoxy) is 1. The van der Waals surface area contributed by atoms with Crippen molar-refractivity contribution in [2.24, 2.45) is 0 Å². The summed E-state index contributed by atoms with van der Waals surface area (Å²) in [7, 11) is 0. The van der Waals surface area contributed by atoms with Crippen LogP contribution in [0.15, 0.2) is 45.6 Å². The predicted molar refractivity (Wildman–Crippen MR) is 60.3 cm³/mol. The van der Waals surface area contributed by atoms with E-state index in [2.05, 4.69) is 9.15 Å². The normalized spacial score (nSPS) is 9.17. The Morgan fingerprint density at radius 3 is 2.06 bits per heavy atom. The standard InChI is InChI=1S/C7H8O3.C5H4O3/c1-2-9-7(8)6-4-3-5-10-6;6-5(7)4-2-1-3-8-4/h3-5H,2H2,1H3;1-3H,(H,6,7). The maximum absolute atomic E-state index is 10.8. The van der Waals surface area contributed by atoms with Gasteiger partial charge < -0.3 is 18.7 Å². The molecule has 2 heterocycles. The minimum absolute atomic E-state index is 0.0231. The summed E-state index contributed by atoms with van der Waals surface area (Å²) in [4.78, 5) is 20.8. The minimum Gasteiger partial charge on any atom is -0.475 e. The first-order valence-corrected chi connectivity index (χ1v) is 5.12. The summed E-state index contributed by atoms with van der Waals surface area (Å²) in [6.07, 6.45) is 2.76. The maximum Gasteiger partial charge on any atom is 0.374 e. The van der Waals surface area contributed by atoms with E-state index in [1.807, 2.05) is 0 Å². The molecule has 0 saturated heterocycles. The largest absolute Gasteiger partial charge is 0.475 e. The first-order chi connectivity index (χ1) is 8.65. The molecule has 2 rings (SSSR count). The molecule has 0 atom stereocenters. The Hall–Kier alpha value is -2.50. The average molecular weight is 252 g/mol. The average Bonchev–Trinajstić information content (AvgIpc) is 3.04. The maximum atomic E-state index is 10.8. The van der Waals surface area contributed by atoms with E-state index in [-0.39, 0.29) is 11.5 Å². The van der Waals surface area contributed by atoms with Gasteiger partial charge in [-0.3, -0.25) is 0 Å². The second-order valence-electron chi connectivity index (χ2n) is 2.98. The first-order valence-electron chi connectivity index (χ1n) is 5.12. The molecule has 2 aromatic heterocycles. The molecule has 0 radical (unpaired) electrons. The van der Waals surface area contributed by atoms with Gasteiger partial charge >= 0.3 is 11.9 Å². The van der Waals surface area contributed by atoms with Crippen molar-refractivity contribution in [3.8, 4) is 0 Å². The van der Waals surface area contributed by atoms with Crippen molar-refractivity contribution < 1.29 is 28.3 Å². The number of furan rings is 2. The molecule has 6 nitrogen and oxygen atoms in total. The van der Waals surface area contributed by atoms with Crippen LogP contribution >= 0.6 is 0 Å². The molecule has 0 bridgehead atoms. The zero-order valence-corrected chi connectivity index (χ0v) is 9.66. The van der Waals surface area contributed by atoms with Gasteiger partial charge in [0.2, 0.25) is 11.5 Å². The van der Waals surface area contributed by atoms with Gasteiger partial charge in [0.25, 0.3) is 0 Å². The van der Waals surface area contributed by atoms with E-state index in [1.54, 1.807) is 19.1 Å². The third kappa shape index (κ3) is 4.17. The molecule has 96 valence electrons. The molecule has 0 aromatic carbocycles. The highest BCUT2D eigenvalue weighted by Crippen LogP contribution is 2.01. The zero-order chi connectivity index (χ0) is 13.4. The third-order valence-electron chi connectivity index (χ3n) is 1.73. The highest BCUT2D eigenvalue weighted by atomic mass is 16.5. The lowest BCUT2D eigenvalue weighted by atomic mass is 10.5. The summed E-state index contributed by atoms with van der Waals surface area (Å²) < 4.78 is 13.9. The molecular weight excluding hydrogens is 240 g/mol. The van der Waals surface area contributed by atoms with Crippen LogP contribution in [-0.2, 0) is 4.74 Å². The van der Waals surface area contributed by atoms with Crippen molar-refractivity contribution in [3.63, 3.8) is 0 Å². The topological polar surface area (TPSA) is 89.9 Å². The summed E-state index contributed by atoms with van der Waals surface area (Å²) in [5.74, 6) is -1.21. The second kappa shape index (κ2) is 6.95. The quantitative estimate of drug-likeness (QED) is 0.843. The van der Waals surface area contributed by atoms with Gasteiger partial charge in [0, 0.05) is 0 Å². The van der Waals surface area contributed by atoms with E-state index < -0.39 is 11.9 Å². The lowest BCUT2D eigenvalue weighted by molar-refractivity contribution is 0.0489. The number of rotatable bonds is 3. The zero-order valence-electron chi connectivity index (χ0n) is 9.66. The number of carbonyl (C=O) groups excluding carboxylic acids is 1. The second-order valence-corrected chi connectivity index (χ2v) is 2.98. The van der Waals surface area contributed by atoms with E-state index in [0.717, 1.165) is 0 Å². The molecule has 0 amide bonds. The lowest BCUT2D eigenvalue weighted by Gasteiger charge is -1.95. The Labute approximate surface area is 103 Å². The van der Waals surface area contributed by atoms with Crippen molar-refractivity contribution in [2.45, 2.75) is 6.92 Å². The summed E-state index contributed by atoms with van der Waals surface area (Å²) in [6.45, 7) is 2.13. The predicted octanol–water partition coefficient (Wildman–Crippen LogP) is 2.43. The van der Waals surface area contributed by atoms with Crippen LogP contribution in [0.1, 0.15) is 28.0 Å². The van der Waals surface area contributed by atoms with Gasteiger partial charge in [0.05, 0.1) is 19.1 Å². The highest BCUT2D eigenvalue weighted by molar-refractivity contribution is 5.86. The number of esters is 1. The molecule has 2 aromatic rings. The van der Waals surface area contributed by atoms with Crippen LogP contribution in [0.5, 0.6) is 0 Å². The SMILES string of the molecule is CCOC(=O)c1ccco1.O=C(O)c1ccco1. The van der Waals surface area contributed by atoms with Crippen molar-refractivity contribution in [1.29, 1.82) is 0 Å². The van der Waals surface area contributed by atoms with Gasteiger partial charge in [0.1, 0.15) is 0 Å². The number of hydrogen-bond acceptors (Lipinski definition) is 5. The van der Waals surface area contributed by atoms with E-state index in [4.69, 9.17) is 9.52 Å². The van der Waals surface area contributed by atoms with Crippen molar-refractivity contribution in [3.05, 3.63) is 48.3 Å². The molecular formula is C12H12O6. The van der Waals surface area contributed by atoms with Gasteiger partial charge in [-0.15, -0.1) is 0 Å². The Balaban J connectivity index is 0.000000184. The van der Waals surface area contributed by atoms with Gasteiger partial charge in [0.15, 0.2) is 0 Å². The Morgan fingerprint density at radius 1 is 1.17 bits per heavy atom. The van der Waals surface area contributed by atoms with Gasteiger partial charge in [-0.05, 0) is 31.2 Å². The van der Waals surface area contributed by atoms with Crippen molar-refractivity contribution in [2.75, 3.05) is 6.61 Å². The number of hydrogen-bond donors (Lipinski definition) is 1. The molecule has 0 saturated carbocycles. The summed E-state index contributed by atoms with van der Waals surface area (Å²) in [6, 6.07) is 6.13. The molecule has 0 aliphatic heterocycles. The lowest BCUT2D eigenvalue weighted by Crippen LogP contribution is -2.02. The Kier molecular flexibility index (Phi) is 5.24. The van der Waals surface area contributed by atoms with Crippen LogP contribution in [0, 0.1) is 0 Å². The summed E-state index contributed by atoms with van der Waals surface area (Å²) in [5.41, 5.74) is 0. The van der Waals surface area contributed by atoms with Crippen molar-refractivity contribution in [1.82, 2.24) is 0 Å². The fraction of sp³-hybridized carbons (Fsp3) is 0.167. The van der Waals surface area contributed by atoms with Gasteiger partial charge in [-0.1, -0.05) is 0 Å². The molecule has 0 unspecified atom stereocenters. The number of carboxylic acid groups (broad SMARTS) is 1. The fourth-order valence-corrected chi connectivity index (χ4v) is 0.997. The van der Waals surface area contributed by atoms with Crippen LogP contribution in [0.4, 0.5) is 0 Å². The molecule has 0 aliphatic rings. The van der Waals surface area contributed by atoms with E-state index in [0.29, 0.717) is 6.61 Å². The van der Waals surface area contributed by atoms with E-state index in [9.17, 15) is 9.59 Å². The number of carboxylic acids is 1.